The molecule has 0 atom stereocenters. The molecule has 0 unspecified atom stereocenters. The van der Waals surface area contributed by atoms with Gasteiger partial charge in [-0.15, -0.1) is 11.3 Å². The highest BCUT2D eigenvalue weighted by molar-refractivity contribution is 7.13. The molecule has 1 aliphatic rings. The fourth-order valence-electron chi connectivity index (χ4n) is 5.40. The molecule has 1 aliphatic heterocycles. The molecule has 244 valence electrons. The number of anilines is 1. The number of carboxylic acids is 1. The van der Waals surface area contributed by atoms with E-state index in [0.29, 0.717) is 30.0 Å². The van der Waals surface area contributed by atoms with Crippen molar-refractivity contribution >= 4 is 41.0 Å². The molecule has 2 aromatic heterocycles. The van der Waals surface area contributed by atoms with E-state index >= 15 is 0 Å². The summed E-state index contributed by atoms with van der Waals surface area (Å²) in [6.45, 7) is 9.72. The number of carboxylic acid groups (broad SMARTS) is 1. The summed E-state index contributed by atoms with van der Waals surface area (Å²) in [4.78, 5) is 56.0. The maximum atomic E-state index is 14.2. The number of pyridine rings is 1. The molecule has 0 fully saturated rings. The smallest absolute Gasteiger partial charge is 0.407 e. The van der Waals surface area contributed by atoms with Crippen LogP contribution in [0.25, 0.3) is 21.6 Å². The summed E-state index contributed by atoms with van der Waals surface area (Å²) in [6, 6.07) is 11.9. The first-order valence-corrected chi connectivity index (χ1v) is 15.7. The van der Waals surface area contributed by atoms with Crippen LogP contribution in [-0.2, 0) is 22.4 Å². The third-order valence-electron chi connectivity index (χ3n) is 7.43. The van der Waals surface area contributed by atoms with Gasteiger partial charge in [0.1, 0.15) is 17.0 Å². The number of ether oxygens (including phenoxy) is 3. The number of methoxy groups -OCH3 is 1. The molecule has 2 amide bonds. The lowest BCUT2D eigenvalue weighted by molar-refractivity contribution is 0.0521. The number of aromatic nitrogens is 1. The van der Waals surface area contributed by atoms with Crippen LogP contribution >= 0.6 is 11.3 Å². The van der Waals surface area contributed by atoms with E-state index in [2.05, 4.69) is 15.6 Å². The Kier molecular flexibility index (Phi) is 9.34. The number of aryl methyl sites for hydroxylation is 2. The second kappa shape index (κ2) is 13.2. The number of hydrogen-bond donors (Lipinski definition) is 3. The van der Waals surface area contributed by atoms with Crippen molar-refractivity contribution in [3.05, 3.63) is 87.0 Å². The molecule has 0 saturated heterocycles. The van der Waals surface area contributed by atoms with Crippen LogP contribution in [0.5, 0.6) is 5.75 Å². The van der Waals surface area contributed by atoms with Crippen LogP contribution in [0.15, 0.2) is 47.8 Å². The number of thiophene rings is 1. The highest BCUT2D eigenvalue weighted by Crippen LogP contribution is 2.43. The van der Waals surface area contributed by atoms with Crippen LogP contribution in [0.3, 0.4) is 0 Å². The molecule has 47 heavy (non-hydrogen) atoms. The highest BCUT2D eigenvalue weighted by atomic mass is 32.1. The Morgan fingerprint density at radius 2 is 1.72 bits per heavy atom. The molecular formula is C35H35N3O8S. The van der Waals surface area contributed by atoms with E-state index in [0.717, 1.165) is 32.7 Å². The Hall–Kier alpha value is -5.23. The molecule has 3 N–H and O–H groups in total. The van der Waals surface area contributed by atoms with Crippen molar-refractivity contribution in [2.75, 3.05) is 19.0 Å². The molecule has 4 aromatic rings. The molecule has 0 spiro atoms. The molecule has 2 aromatic carbocycles. The lowest BCUT2D eigenvalue weighted by Gasteiger charge is -2.20. The number of benzene rings is 2. The van der Waals surface area contributed by atoms with E-state index in [1.807, 2.05) is 37.4 Å². The number of nitrogens with one attached hydrogen (secondary N) is 2. The van der Waals surface area contributed by atoms with E-state index in [1.165, 1.54) is 30.6 Å². The van der Waals surface area contributed by atoms with Gasteiger partial charge in [-0.05, 0) is 92.6 Å². The first-order valence-electron chi connectivity index (χ1n) is 14.8. The minimum Gasteiger partial charge on any atom is -0.493 e. The van der Waals surface area contributed by atoms with Crippen molar-refractivity contribution in [3.8, 4) is 27.3 Å². The zero-order valence-corrected chi connectivity index (χ0v) is 27.7. The van der Waals surface area contributed by atoms with Gasteiger partial charge in [0.25, 0.3) is 5.91 Å². The van der Waals surface area contributed by atoms with E-state index in [1.54, 1.807) is 32.9 Å². The number of amides is 2. The van der Waals surface area contributed by atoms with Gasteiger partial charge < -0.3 is 30.0 Å². The van der Waals surface area contributed by atoms with Gasteiger partial charge in [0.2, 0.25) is 0 Å². The lowest BCUT2D eigenvalue weighted by atomic mass is 9.93. The fourth-order valence-corrected chi connectivity index (χ4v) is 6.37. The maximum Gasteiger partial charge on any atom is 0.407 e. The average Bonchev–Trinajstić information content (AvgIpc) is 3.41. The number of rotatable bonds is 7. The third kappa shape index (κ3) is 7.28. The molecular weight excluding hydrogens is 622 g/mol. The minimum absolute atomic E-state index is 0.214. The van der Waals surface area contributed by atoms with E-state index in [9.17, 15) is 24.3 Å². The quantitative estimate of drug-likeness (QED) is 0.182. The van der Waals surface area contributed by atoms with Crippen LogP contribution in [0.4, 0.5) is 10.5 Å². The number of alkyl carbamates (subject to hydrolysis) is 1. The van der Waals surface area contributed by atoms with Crippen molar-refractivity contribution < 1.29 is 38.5 Å². The van der Waals surface area contributed by atoms with E-state index in [-0.39, 0.29) is 29.1 Å². The van der Waals surface area contributed by atoms with Crippen LogP contribution in [-0.4, -0.2) is 53.3 Å². The van der Waals surface area contributed by atoms with Crippen LogP contribution < -0.4 is 15.4 Å². The normalized spacial score (nSPS) is 12.1. The fraction of sp³-hybridized carbons (Fsp3) is 0.286. The average molecular weight is 658 g/mol. The monoisotopic (exact) mass is 657 g/mol. The van der Waals surface area contributed by atoms with Crippen LogP contribution in [0.1, 0.15) is 74.4 Å². The molecule has 0 aliphatic carbocycles. The van der Waals surface area contributed by atoms with Crippen molar-refractivity contribution in [2.45, 2.75) is 53.2 Å². The number of aromatic carboxylic acids is 1. The minimum atomic E-state index is -1.31. The molecule has 3 heterocycles. The predicted octanol–water partition coefficient (Wildman–Crippen LogP) is 6.79. The Morgan fingerprint density at radius 3 is 2.38 bits per heavy atom. The first-order chi connectivity index (χ1) is 22.3. The first kappa shape index (κ1) is 33.1. The third-order valence-corrected chi connectivity index (χ3v) is 8.42. The van der Waals surface area contributed by atoms with Crippen molar-refractivity contribution in [1.29, 1.82) is 0 Å². The molecule has 11 nitrogen and oxygen atoms in total. The molecule has 5 rings (SSSR count). The standard InChI is InChI=1S/C35H35N3O8S/c1-18-13-20(17-36-34(43)46-35(3,4)5)14-19(2)28(18)38-31(39)24-15-25-27(45-11-9-21-10-12-47-30(21)25)16-23(24)22-7-8-26(32(40)41)37-29(22)33(42)44-6/h7-8,10,12-16H,9,11,17H2,1-6H3,(H,36,43)(H,38,39)(H,40,41). The van der Waals surface area contributed by atoms with Gasteiger partial charge in [0, 0.05) is 45.8 Å². The van der Waals surface area contributed by atoms with Crippen molar-refractivity contribution in [2.24, 2.45) is 0 Å². The van der Waals surface area contributed by atoms with Gasteiger partial charge in [-0.2, -0.15) is 0 Å². The van der Waals surface area contributed by atoms with Gasteiger partial charge in [0.15, 0.2) is 5.69 Å². The van der Waals surface area contributed by atoms with Crippen molar-refractivity contribution in [1.82, 2.24) is 10.3 Å². The summed E-state index contributed by atoms with van der Waals surface area (Å²) >= 11 is 1.54. The largest absolute Gasteiger partial charge is 0.493 e. The number of hydrogen-bond acceptors (Lipinski definition) is 9. The molecule has 0 radical (unpaired) electrons. The number of nitrogens with zero attached hydrogens (tertiary/aromatic N) is 1. The maximum absolute atomic E-state index is 14.2. The SMILES string of the molecule is COC(=O)c1nc(C(=O)O)ccc1-c1cc2c(cc1C(=O)Nc1c(C)cc(CNC(=O)OC(C)(C)C)cc1C)-c1sccc1CCO2. The second-order valence-corrected chi connectivity index (χ2v) is 13.0. The Bertz CT molecular complexity index is 1880. The number of fused-ring (bicyclic) bond motifs is 3. The van der Waals surface area contributed by atoms with Gasteiger partial charge in [-0.3, -0.25) is 4.79 Å². The van der Waals surface area contributed by atoms with E-state index in [4.69, 9.17) is 14.2 Å². The topological polar surface area (TPSA) is 153 Å². The Morgan fingerprint density at radius 1 is 1.00 bits per heavy atom. The lowest BCUT2D eigenvalue weighted by Crippen LogP contribution is -2.32. The summed E-state index contributed by atoms with van der Waals surface area (Å²) in [5.41, 5.74) is 4.30. The molecule has 12 heteroatoms. The van der Waals surface area contributed by atoms with Crippen molar-refractivity contribution in [3.63, 3.8) is 0 Å². The van der Waals surface area contributed by atoms with Gasteiger partial charge in [-0.25, -0.2) is 19.4 Å². The van der Waals surface area contributed by atoms with Gasteiger partial charge in [-0.1, -0.05) is 12.1 Å². The van der Waals surface area contributed by atoms with Gasteiger partial charge >= 0.3 is 18.0 Å². The second-order valence-electron chi connectivity index (χ2n) is 12.1. The molecule has 0 saturated carbocycles. The Balaban J connectivity index is 1.57. The number of carbonyl (C=O) groups excluding carboxylic acids is 3. The van der Waals surface area contributed by atoms with Crippen LogP contribution in [0.2, 0.25) is 0 Å². The van der Waals surface area contributed by atoms with Gasteiger partial charge in [0.05, 0.1) is 13.7 Å². The van der Waals surface area contributed by atoms with E-state index < -0.39 is 29.5 Å². The summed E-state index contributed by atoms with van der Waals surface area (Å²) in [5.74, 6) is -2.11. The van der Waals surface area contributed by atoms with Crippen LogP contribution in [0, 0.1) is 13.8 Å². The highest BCUT2D eigenvalue weighted by Gasteiger charge is 2.27. The summed E-state index contributed by atoms with van der Waals surface area (Å²) < 4.78 is 16.4. The zero-order chi connectivity index (χ0) is 34.0. The number of esters is 1. The summed E-state index contributed by atoms with van der Waals surface area (Å²) in [5, 5.41) is 17.3. The zero-order valence-electron chi connectivity index (χ0n) is 26.9. The molecule has 0 bridgehead atoms. The number of carbonyl (C=O) groups is 4. The summed E-state index contributed by atoms with van der Waals surface area (Å²) in [6.07, 6.45) is 0.149. The predicted molar refractivity (Wildman–Crippen MR) is 177 cm³/mol. The Labute approximate surface area is 275 Å². The summed E-state index contributed by atoms with van der Waals surface area (Å²) in [7, 11) is 1.17.